The maximum atomic E-state index is 14.7. The van der Waals surface area contributed by atoms with E-state index in [1.54, 1.807) is 30.3 Å². The summed E-state index contributed by atoms with van der Waals surface area (Å²) < 4.78 is 34.2. The molecule has 2 fully saturated rings. The first-order valence-corrected chi connectivity index (χ1v) is 11.0. The number of rotatable bonds is 5. The topological polar surface area (TPSA) is 89.3 Å². The Hall–Kier alpha value is -3.33. The van der Waals surface area contributed by atoms with Gasteiger partial charge in [0.2, 0.25) is 5.88 Å². The van der Waals surface area contributed by atoms with Gasteiger partial charge in [0.1, 0.15) is 11.9 Å². The molecular formula is C24H24F2N4O3. The molecule has 2 saturated heterocycles. The van der Waals surface area contributed by atoms with Crippen LogP contribution in [0.2, 0.25) is 0 Å². The lowest BCUT2D eigenvalue weighted by molar-refractivity contribution is 0.00652. The molecule has 2 N–H and O–H groups in total. The van der Waals surface area contributed by atoms with Crippen molar-refractivity contribution in [2.24, 2.45) is 0 Å². The normalized spacial score (nSPS) is 24.4. The highest BCUT2D eigenvalue weighted by atomic mass is 19.1. The van der Waals surface area contributed by atoms with E-state index < -0.39 is 24.6 Å². The highest BCUT2D eigenvalue weighted by Crippen LogP contribution is 2.33. The summed E-state index contributed by atoms with van der Waals surface area (Å²) in [6.07, 6.45) is 3.19. The van der Waals surface area contributed by atoms with Gasteiger partial charge in [0.05, 0.1) is 5.69 Å². The van der Waals surface area contributed by atoms with Crippen LogP contribution in [0.25, 0.3) is 22.4 Å². The fourth-order valence-corrected chi connectivity index (χ4v) is 4.67. The van der Waals surface area contributed by atoms with Gasteiger partial charge in [-0.05, 0) is 48.2 Å². The zero-order valence-corrected chi connectivity index (χ0v) is 17.8. The first kappa shape index (κ1) is 21.5. The molecule has 2 aromatic heterocycles. The van der Waals surface area contributed by atoms with E-state index in [4.69, 9.17) is 4.74 Å². The van der Waals surface area contributed by atoms with E-state index in [2.05, 4.69) is 15.5 Å². The molecule has 2 aliphatic rings. The lowest BCUT2D eigenvalue weighted by Gasteiger charge is -2.42. The number of halogens is 2. The Kier molecular flexibility index (Phi) is 5.80. The van der Waals surface area contributed by atoms with Crippen LogP contribution in [0.3, 0.4) is 0 Å². The van der Waals surface area contributed by atoms with Gasteiger partial charge >= 0.3 is 0 Å². The first-order valence-electron chi connectivity index (χ1n) is 11.0. The van der Waals surface area contributed by atoms with Crippen molar-refractivity contribution in [3.63, 3.8) is 0 Å². The van der Waals surface area contributed by atoms with E-state index in [1.807, 2.05) is 0 Å². The maximum absolute atomic E-state index is 14.7. The number of hydrogen-bond donors (Lipinski definition) is 2. The third-order valence-corrected chi connectivity index (χ3v) is 6.42. The molecular weight excluding hydrogens is 430 g/mol. The highest BCUT2D eigenvalue weighted by molar-refractivity contribution is 5.74. The molecule has 9 heteroatoms. The van der Waals surface area contributed by atoms with Crippen LogP contribution in [-0.4, -0.2) is 44.2 Å². The third kappa shape index (κ3) is 4.32. The molecule has 0 saturated carbocycles. The number of ether oxygens (including phenoxy) is 1. The van der Waals surface area contributed by atoms with E-state index in [0.717, 1.165) is 23.8 Å². The van der Waals surface area contributed by atoms with Gasteiger partial charge in [-0.1, -0.05) is 12.5 Å². The molecule has 5 rings (SSSR count). The van der Waals surface area contributed by atoms with Crippen molar-refractivity contribution in [2.45, 2.75) is 56.8 Å². The smallest absolute Gasteiger partial charge is 0.253 e. The van der Waals surface area contributed by atoms with Gasteiger partial charge in [0.15, 0.2) is 13.0 Å². The average Bonchev–Trinajstić information content (AvgIpc) is 2.83. The van der Waals surface area contributed by atoms with E-state index in [0.29, 0.717) is 28.8 Å². The standard InChI is InChI=1S/C24H24F2N4O3/c25-13-30-9-8-15(11-23(30)32)14-4-5-17(20(31)10-14)18-6-7-22(29-28-18)33-21-12-16-2-1-3-19(27-16)24(21)26/h4-11,16,19,21,24,27,31H,1-3,12-13H2/t16-,19+,21-,24+/m0/s1. The number of benzene rings is 1. The number of piperidine rings is 2. The monoisotopic (exact) mass is 454 g/mol. The van der Waals surface area contributed by atoms with Crippen LogP contribution in [0, 0.1) is 0 Å². The Balaban J connectivity index is 1.32. The van der Waals surface area contributed by atoms with Crippen LogP contribution in [0.5, 0.6) is 11.6 Å². The zero-order valence-electron chi connectivity index (χ0n) is 17.8. The molecule has 0 amide bonds. The van der Waals surface area contributed by atoms with E-state index in [1.165, 1.54) is 18.3 Å². The summed E-state index contributed by atoms with van der Waals surface area (Å²) in [5.41, 5.74) is 1.59. The zero-order chi connectivity index (χ0) is 22.9. The predicted molar refractivity (Wildman–Crippen MR) is 118 cm³/mol. The molecule has 0 aliphatic carbocycles. The second-order valence-electron chi connectivity index (χ2n) is 8.57. The number of alkyl halides is 2. The predicted octanol–water partition coefficient (Wildman–Crippen LogP) is 3.60. The molecule has 7 nitrogen and oxygen atoms in total. The summed E-state index contributed by atoms with van der Waals surface area (Å²) in [7, 11) is 0. The van der Waals surface area contributed by atoms with Crippen LogP contribution in [-0.2, 0) is 6.80 Å². The van der Waals surface area contributed by atoms with Gasteiger partial charge in [-0.2, -0.15) is 0 Å². The molecule has 3 aromatic rings. The Morgan fingerprint density at radius 2 is 1.97 bits per heavy atom. The van der Waals surface area contributed by atoms with Crippen LogP contribution < -0.4 is 15.6 Å². The molecule has 1 aromatic carbocycles. The Morgan fingerprint density at radius 3 is 2.70 bits per heavy atom. The quantitative estimate of drug-likeness (QED) is 0.612. The van der Waals surface area contributed by atoms with Crippen molar-refractivity contribution < 1.29 is 18.6 Å². The highest BCUT2D eigenvalue weighted by Gasteiger charge is 2.41. The summed E-state index contributed by atoms with van der Waals surface area (Å²) in [5.74, 6) is 0.205. The molecule has 4 heterocycles. The van der Waals surface area contributed by atoms with Crippen LogP contribution in [0.15, 0.2) is 53.5 Å². The van der Waals surface area contributed by atoms with Crippen molar-refractivity contribution in [3.05, 3.63) is 59.0 Å². The number of nitrogens with zero attached hydrogens (tertiary/aromatic N) is 3. The molecule has 0 radical (unpaired) electrons. The molecule has 33 heavy (non-hydrogen) atoms. The Labute approximate surface area is 189 Å². The van der Waals surface area contributed by atoms with Crippen molar-refractivity contribution >= 4 is 0 Å². The number of phenolic OH excluding ortho intramolecular Hbond substituents is 1. The van der Waals surface area contributed by atoms with Crippen LogP contribution in [0.1, 0.15) is 25.7 Å². The van der Waals surface area contributed by atoms with Gasteiger partial charge in [-0.15, -0.1) is 10.2 Å². The molecule has 172 valence electrons. The van der Waals surface area contributed by atoms with Gasteiger partial charge in [-0.25, -0.2) is 8.78 Å². The fraction of sp³-hybridized carbons (Fsp3) is 0.375. The minimum Gasteiger partial charge on any atom is -0.507 e. The van der Waals surface area contributed by atoms with Crippen molar-refractivity contribution in [1.29, 1.82) is 0 Å². The molecule has 4 atom stereocenters. The summed E-state index contributed by atoms with van der Waals surface area (Å²) in [4.78, 5) is 11.9. The largest absolute Gasteiger partial charge is 0.507 e. The molecule has 0 unspecified atom stereocenters. The SMILES string of the molecule is O=c1cc(-c2ccc(-c3ccc(O[C@H]4C[C@@H]5CCC[C@@H](N5)[C@H]4F)nn3)c(O)c2)ccn1CF. The third-order valence-electron chi connectivity index (χ3n) is 6.42. The van der Waals surface area contributed by atoms with E-state index >= 15 is 0 Å². The number of pyridine rings is 1. The van der Waals surface area contributed by atoms with Gasteiger partial charge in [0, 0.05) is 42.4 Å². The number of fused-ring (bicyclic) bond motifs is 2. The summed E-state index contributed by atoms with van der Waals surface area (Å²) in [6, 6.07) is 11.2. The second kappa shape index (κ2) is 8.90. The van der Waals surface area contributed by atoms with Crippen LogP contribution in [0.4, 0.5) is 8.78 Å². The second-order valence-corrected chi connectivity index (χ2v) is 8.57. The molecule has 2 aliphatic heterocycles. The minimum absolute atomic E-state index is 0.0415. The van der Waals surface area contributed by atoms with Crippen LogP contribution >= 0.6 is 0 Å². The maximum Gasteiger partial charge on any atom is 0.253 e. The summed E-state index contributed by atoms with van der Waals surface area (Å²) >= 11 is 0. The fourth-order valence-electron chi connectivity index (χ4n) is 4.67. The minimum atomic E-state index is -1.09. The average molecular weight is 454 g/mol. The number of hydrogen-bond acceptors (Lipinski definition) is 6. The van der Waals surface area contributed by atoms with Crippen molar-refractivity contribution in [2.75, 3.05) is 0 Å². The number of phenols is 1. The van der Waals surface area contributed by atoms with E-state index in [-0.39, 0.29) is 23.7 Å². The van der Waals surface area contributed by atoms with Crippen molar-refractivity contribution in [3.8, 4) is 34.0 Å². The number of aromatic nitrogens is 3. The summed E-state index contributed by atoms with van der Waals surface area (Å²) in [5, 5.41) is 22.1. The summed E-state index contributed by atoms with van der Waals surface area (Å²) in [6.45, 7) is -0.896. The lowest BCUT2D eigenvalue weighted by Crippen LogP contribution is -2.59. The number of aromatic hydroxyl groups is 1. The van der Waals surface area contributed by atoms with Gasteiger partial charge in [0.25, 0.3) is 5.56 Å². The van der Waals surface area contributed by atoms with Crippen molar-refractivity contribution in [1.82, 2.24) is 20.1 Å². The van der Waals surface area contributed by atoms with E-state index in [9.17, 15) is 18.7 Å². The van der Waals surface area contributed by atoms with Gasteiger partial charge < -0.3 is 15.2 Å². The lowest BCUT2D eigenvalue weighted by atomic mass is 9.84. The Bertz CT molecular complexity index is 1200. The molecule has 0 spiro atoms. The Morgan fingerprint density at radius 1 is 1.12 bits per heavy atom. The number of nitrogens with one attached hydrogen (secondary N) is 1. The molecule has 2 bridgehead atoms. The first-order chi connectivity index (χ1) is 16.0. The van der Waals surface area contributed by atoms with Gasteiger partial charge in [-0.3, -0.25) is 9.36 Å².